The summed E-state index contributed by atoms with van der Waals surface area (Å²) in [5, 5.41) is 2.63. The molecule has 0 fully saturated rings. The minimum absolute atomic E-state index is 0.0866. The van der Waals surface area contributed by atoms with Gasteiger partial charge in [0.05, 0.1) is 16.8 Å². The number of nitrogens with zero attached hydrogens (tertiary/aromatic N) is 2. The highest BCUT2D eigenvalue weighted by Gasteiger charge is 2.23. The molecular formula is C23H33N3O5S2. The van der Waals surface area contributed by atoms with Crippen LogP contribution in [0.4, 0.5) is 11.4 Å². The van der Waals surface area contributed by atoms with Crippen LogP contribution in [0.3, 0.4) is 0 Å². The Kier molecular flexibility index (Phi) is 8.32. The molecule has 0 unspecified atom stereocenters. The average Bonchev–Trinajstić information content (AvgIpc) is 2.72. The third kappa shape index (κ3) is 6.78. The molecule has 0 heterocycles. The zero-order valence-electron chi connectivity index (χ0n) is 20.0. The van der Waals surface area contributed by atoms with Crippen molar-refractivity contribution in [3.8, 4) is 0 Å². The van der Waals surface area contributed by atoms with Crippen molar-refractivity contribution in [1.82, 2.24) is 4.31 Å². The zero-order chi connectivity index (χ0) is 25.0. The summed E-state index contributed by atoms with van der Waals surface area (Å²) in [6.45, 7) is 10.0. The van der Waals surface area contributed by atoms with E-state index in [4.69, 9.17) is 0 Å². The third-order valence-corrected chi connectivity index (χ3v) is 8.39. The minimum Gasteiger partial charge on any atom is -0.325 e. The molecule has 0 atom stereocenters. The number of benzene rings is 2. The van der Waals surface area contributed by atoms with Crippen LogP contribution in [-0.2, 0) is 30.3 Å². The Morgan fingerprint density at radius 2 is 1.39 bits per heavy atom. The Bertz CT molecular complexity index is 1160. The number of hydrogen-bond acceptors (Lipinski definition) is 5. The van der Waals surface area contributed by atoms with Crippen LogP contribution in [0.1, 0.15) is 40.2 Å². The van der Waals surface area contributed by atoms with E-state index >= 15 is 0 Å². The van der Waals surface area contributed by atoms with Crippen LogP contribution < -0.4 is 9.62 Å². The van der Waals surface area contributed by atoms with Crippen LogP contribution in [0.25, 0.3) is 0 Å². The van der Waals surface area contributed by atoms with E-state index in [0.717, 1.165) is 16.1 Å². The van der Waals surface area contributed by atoms with Crippen molar-refractivity contribution < 1.29 is 21.6 Å². The van der Waals surface area contributed by atoms with Gasteiger partial charge in [-0.25, -0.2) is 16.8 Å². The largest absolute Gasteiger partial charge is 0.325 e. The second-order valence-electron chi connectivity index (χ2n) is 8.73. The smallest absolute Gasteiger partial charge is 0.245 e. The second kappa shape index (κ2) is 10.2. The minimum atomic E-state index is -3.71. The van der Waals surface area contributed by atoms with E-state index in [0.29, 0.717) is 24.5 Å². The van der Waals surface area contributed by atoms with Gasteiger partial charge in [-0.2, -0.15) is 4.31 Å². The van der Waals surface area contributed by atoms with E-state index in [2.05, 4.69) is 26.1 Å². The molecule has 0 aromatic heterocycles. The third-order valence-electron chi connectivity index (χ3n) is 5.19. The van der Waals surface area contributed by atoms with Crippen molar-refractivity contribution in [3.05, 3.63) is 54.1 Å². The first-order valence-corrected chi connectivity index (χ1v) is 14.0. The molecule has 0 radical (unpaired) electrons. The Labute approximate surface area is 197 Å². The van der Waals surface area contributed by atoms with E-state index in [1.807, 2.05) is 12.1 Å². The Hall–Kier alpha value is -2.43. The van der Waals surface area contributed by atoms with Gasteiger partial charge in [-0.1, -0.05) is 46.8 Å². The lowest BCUT2D eigenvalue weighted by Gasteiger charge is -2.24. The summed E-state index contributed by atoms with van der Waals surface area (Å²) in [4.78, 5) is 12.7. The van der Waals surface area contributed by atoms with Gasteiger partial charge >= 0.3 is 0 Å². The topological polar surface area (TPSA) is 104 Å². The first kappa shape index (κ1) is 26.8. The number of nitrogens with one attached hydrogen (secondary N) is 1. The van der Waals surface area contributed by atoms with Gasteiger partial charge in [-0.05, 0) is 47.4 Å². The molecule has 0 bridgehead atoms. The fourth-order valence-corrected chi connectivity index (χ4v) is 5.60. The van der Waals surface area contributed by atoms with E-state index in [-0.39, 0.29) is 10.3 Å². The van der Waals surface area contributed by atoms with Gasteiger partial charge in [0.1, 0.15) is 6.54 Å². The number of amides is 1. The molecule has 10 heteroatoms. The van der Waals surface area contributed by atoms with Gasteiger partial charge < -0.3 is 5.32 Å². The van der Waals surface area contributed by atoms with Gasteiger partial charge in [0, 0.05) is 18.8 Å². The molecule has 1 N–H and O–H groups in total. The molecule has 0 spiro atoms. The molecule has 1 amide bonds. The molecule has 33 heavy (non-hydrogen) atoms. The molecule has 182 valence electrons. The number of carbonyl (C=O) groups excluding carboxylic acids is 1. The molecular weight excluding hydrogens is 462 g/mol. The fourth-order valence-electron chi connectivity index (χ4n) is 3.28. The van der Waals surface area contributed by atoms with Crippen LogP contribution in [-0.4, -0.2) is 52.9 Å². The predicted molar refractivity (Wildman–Crippen MR) is 133 cm³/mol. The first-order chi connectivity index (χ1) is 15.2. The summed E-state index contributed by atoms with van der Waals surface area (Å²) >= 11 is 0. The summed E-state index contributed by atoms with van der Waals surface area (Å²) in [5.41, 5.74) is 1.72. The highest BCUT2D eigenvalue weighted by atomic mass is 32.2. The Balaban J connectivity index is 2.18. The van der Waals surface area contributed by atoms with Crippen molar-refractivity contribution in [3.63, 3.8) is 0 Å². The lowest BCUT2D eigenvalue weighted by atomic mass is 9.87. The quantitative estimate of drug-likeness (QED) is 0.574. The highest BCUT2D eigenvalue weighted by Crippen LogP contribution is 2.26. The van der Waals surface area contributed by atoms with Crippen LogP contribution in [0.15, 0.2) is 53.4 Å². The summed E-state index contributed by atoms with van der Waals surface area (Å²) in [7, 11) is -7.31. The highest BCUT2D eigenvalue weighted by molar-refractivity contribution is 7.92. The van der Waals surface area contributed by atoms with E-state index in [9.17, 15) is 21.6 Å². The summed E-state index contributed by atoms with van der Waals surface area (Å²) in [6, 6.07) is 12.9. The van der Waals surface area contributed by atoms with E-state index in [1.165, 1.54) is 28.6 Å². The maximum atomic E-state index is 12.6. The van der Waals surface area contributed by atoms with Crippen molar-refractivity contribution in [1.29, 1.82) is 0 Å². The number of hydrogen-bond donors (Lipinski definition) is 1. The summed E-state index contributed by atoms with van der Waals surface area (Å²) in [6.07, 6.45) is 1.05. The zero-order valence-corrected chi connectivity index (χ0v) is 21.6. The average molecular weight is 496 g/mol. The number of rotatable bonds is 9. The fraction of sp³-hybridized carbons (Fsp3) is 0.435. The van der Waals surface area contributed by atoms with Crippen LogP contribution >= 0.6 is 0 Å². The van der Waals surface area contributed by atoms with Gasteiger partial charge in [-0.3, -0.25) is 9.10 Å². The van der Waals surface area contributed by atoms with Gasteiger partial charge in [-0.15, -0.1) is 0 Å². The van der Waals surface area contributed by atoms with Crippen molar-refractivity contribution in [2.45, 2.75) is 44.9 Å². The number of sulfonamides is 2. The van der Waals surface area contributed by atoms with Crippen molar-refractivity contribution in [2.24, 2.45) is 0 Å². The lowest BCUT2D eigenvalue weighted by Crippen LogP contribution is -2.37. The normalized spacial score (nSPS) is 12.6. The predicted octanol–water partition coefficient (Wildman–Crippen LogP) is 3.42. The van der Waals surface area contributed by atoms with Crippen LogP contribution in [0, 0.1) is 0 Å². The van der Waals surface area contributed by atoms with Gasteiger partial charge in [0.25, 0.3) is 0 Å². The number of anilines is 2. The van der Waals surface area contributed by atoms with Gasteiger partial charge in [0.15, 0.2) is 0 Å². The molecule has 0 aliphatic rings. The molecule has 2 aromatic carbocycles. The number of carbonyl (C=O) groups is 1. The Morgan fingerprint density at radius 1 is 0.879 bits per heavy atom. The second-order valence-corrected chi connectivity index (χ2v) is 12.6. The lowest BCUT2D eigenvalue weighted by molar-refractivity contribution is -0.114. The van der Waals surface area contributed by atoms with Gasteiger partial charge in [0.2, 0.25) is 26.0 Å². The maximum absolute atomic E-state index is 12.6. The van der Waals surface area contributed by atoms with E-state index in [1.54, 1.807) is 26.0 Å². The Morgan fingerprint density at radius 3 is 1.82 bits per heavy atom. The monoisotopic (exact) mass is 495 g/mol. The van der Waals surface area contributed by atoms with Crippen LogP contribution in [0.2, 0.25) is 0 Å². The molecule has 0 aliphatic heterocycles. The molecule has 0 saturated carbocycles. The molecule has 2 aromatic rings. The first-order valence-electron chi connectivity index (χ1n) is 10.7. The molecule has 8 nitrogen and oxygen atoms in total. The van der Waals surface area contributed by atoms with Crippen molar-refractivity contribution in [2.75, 3.05) is 35.5 Å². The maximum Gasteiger partial charge on any atom is 0.245 e. The summed E-state index contributed by atoms with van der Waals surface area (Å²) < 4.78 is 52.3. The molecule has 2 rings (SSSR count). The SMILES string of the molecule is CCN(CC)S(=O)(=O)c1ccc(NC(=O)CN(c2ccc(C(C)(C)C)cc2)S(C)(=O)=O)cc1. The van der Waals surface area contributed by atoms with E-state index < -0.39 is 32.5 Å². The molecule has 0 saturated heterocycles. The van der Waals surface area contributed by atoms with Crippen molar-refractivity contribution >= 4 is 37.3 Å². The standard InChI is InChI=1S/C23H33N3O5S2/c1-7-25(8-2)33(30,31)21-15-11-19(12-16-21)24-22(27)17-26(32(6,28)29)20-13-9-18(10-14-20)23(3,4)5/h9-16H,7-8,17H2,1-6H3,(H,24,27). The summed E-state index contributed by atoms with van der Waals surface area (Å²) in [5.74, 6) is -0.542. The van der Waals surface area contributed by atoms with Crippen LogP contribution in [0.5, 0.6) is 0 Å². The molecule has 0 aliphatic carbocycles.